The molecule has 4 unspecified atom stereocenters. The van der Waals surface area contributed by atoms with Crippen LogP contribution >= 0.6 is 11.3 Å². The second-order valence-electron chi connectivity index (χ2n) is 12.8. The van der Waals surface area contributed by atoms with E-state index in [1.807, 2.05) is 0 Å². The van der Waals surface area contributed by atoms with Crippen LogP contribution in [0.15, 0.2) is 6.07 Å². The Kier molecular flexibility index (Phi) is 6.88. The van der Waals surface area contributed by atoms with Crippen molar-refractivity contribution in [2.75, 3.05) is 54.8 Å². The van der Waals surface area contributed by atoms with Crippen LogP contribution in [0, 0.1) is 11.3 Å². The van der Waals surface area contributed by atoms with E-state index < -0.39 is 6.17 Å². The standard InChI is InChI=1S/C23H29N7S.C7H12FN/c1-2-14-8-19(29-10-15-5-6-16(11-29)26-15)28-22(27-14)30-12-23(13-30)7-3-4-18-20(23)17(9-24)21(25)31-18;8-6-4-7-2-1-3-9(7)5-6/h8,15-16,26H,2-7,10-13,25H2,1H3;6-7H,1-5H2. The summed E-state index contributed by atoms with van der Waals surface area (Å²) in [6.07, 6.45) is 9.57. The molecule has 0 radical (unpaired) electrons. The molecule has 214 valence electrons. The van der Waals surface area contributed by atoms with E-state index in [0.717, 1.165) is 87.9 Å². The summed E-state index contributed by atoms with van der Waals surface area (Å²) in [6, 6.07) is 6.35. The first-order valence-corrected chi connectivity index (χ1v) is 16.1. The smallest absolute Gasteiger partial charge is 0.227 e. The van der Waals surface area contributed by atoms with E-state index in [2.05, 4.69) is 39.1 Å². The van der Waals surface area contributed by atoms with Crippen LogP contribution in [-0.4, -0.2) is 78.4 Å². The van der Waals surface area contributed by atoms with E-state index >= 15 is 0 Å². The van der Waals surface area contributed by atoms with Gasteiger partial charge in [0.25, 0.3) is 0 Å². The molecule has 5 saturated heterocycles. The Balaban J connectivity index is 0.000000249. The molecule has 3 N–H and O–H groups in total. The summed E-state index contributed by atoms with van der Waals surface area (Å²) < 4.78 is 12.6. The molecule has 5 fully saturated rings. The lowest BCUT2D eigenvalue weighted by Crippen LogP contribution is -2.61. The van der Waals surface area contributed by atoms with E-state index in [9.17, 15) is 9.65 Å². The number of nitrogens with two attached hydrogens (primary N) is 1. The maximum atomic E-state index is 12.6. The molecular formula is C30H41FN8S. The number of nitriles is 1. The minimum absolute atomic E-state index is 0.0344. The number of anilines is 3. The minimum atomic E-state index is -0.518. The molecule has 5 aliphatic heterocycles. The van der Waals surface area contributed by atoms with E-state index in [0.29, 0.717) is 29.7 Å². The number of hydrogen-bond acceptors (Lipinski definition) is 9. The van der Waals surface area contributed by atoms with Gasteiger partial charge in [-0.05, 0) is 69.9 Å². The van der Waals surface area contributed by atoms with Gasteiger partial charge in [0, 0.05) is 72.9 Å². The van der Waals surface area contributed by atoms with Gasteiger partial charge in [-0.2, -0.15) is 10.2 Å². The first kappa shape index (κ1) is 26.4. The van der Waals surface area contributed by atoms with E-state index in [-0.39, 0.29) is 5.41 Å². The summed E-state index contributed by atoms with van der Waals surface area (Å²) in [6.45, 7) is 7.84. The van der Waals surface area contributed by atoms with Crippen LogP contribution in [0.3, 0.4) is 0 Å². The third-order valence-electron chi connectivity index (χ3n) is 10.1. The molecule has 4 atom stereocenters. The van der Waals surface area contributed by atoms with Gasteiger partial charge < -0.3 is 20.9 Å². The zero-order chi connectivity index (χ0) is 27.4. The lowest BCUT2D eigenvalue weighted by atomic mass is 9.66. The fourth-order valence-corrected chi connectivity index (χ4v) is 9.35. The van der Waals surface area contributed by atoms with Gasteiger partial charge in [0.2, 0.25) is 5.95 Å². The Morgan fingerprint density at radius 3 is 2.67 bits per heavy atom. The second kappa shape index (κ2) is 10.4. The third kappa shape index (κ3) is 4.64. The summed E-state index contributed by atoms with van der Waals surface area (Å²) in [5, 5.41) is 14.1. The highest BCUT2D eigenvalue weighted by Crippen LogP contribution is 2.50. The Morgan fingerprint density at radius 1 is 1.15 bits per heavy atom. The van der Waals surface area contributed by atoms with Gasteiger partial charge in [-0.3, -0.25) is 4.90 Å². The molecule has 0 aromatic carbocycles. The molecule has 7 heterocycles. The van der Waals surface area contributed by atoms with Gasteiger partial charge in [0.15, 0.2) is 0 Å². The van der Waals surface area contributed by atoms with Gasteiger partial charge >= 0.3 is 0 Å². The SMILES string of the molecule is CCc1cc(N2CC3CCC(C2)N3)nc(N2CC3(CCCc4sc(N)c(C#N)c43)C2)n1.FC1CC2CCCN2C1. The fraction of sp³-hybridized carbons (Fsp3) is 0.700. The highest BCUT2D eigenvalue weighted by atomic mass is 32.1. The van der Waals surface area contributed by atoms with Crippen LogP contribution in [-0.2, 0) is 18.3 Å². The lowest BCUT2D eigenvalue weighted by Gasteiger charge is -2.52. The quantitative estimate of drug-likeness (QED) is 0.582. The zero-order valence-corrected chi connectivity index (χ0v) is 24.4. The van der Waals surface area contributed by atoms with Crippen LogP contribution in [0.1, 0.15) is 73.6 Å². The first-order chi connectivity index (χ1) is 19.4. The summed E-state index contributed by atoms with van der Waals surface area (Å²) in [5.74, 6) is 1.92. The fourth-order valence-electron chi connectivity index (χ4n) is 8.16. The average molecular weight is 565 g/mol. The van der Waals surface area contributed by atoms with E-state index in [4.69, 9.17) is 15.7 Å². The van der Waals surface area contributed by atoms with Crippen molar-refractivity contribution in [1.29, 1.82) is 5.26 Å². The Labute approximate surface area is 240 Å². The van der Waals surface area contributed by atoms with Crippen molar-refractivity contribution < 1.29 is 4.39 Å². The number of piperazine rings is 1. The number of rotatable bonds is 3. The van der Waals surface area contributed by atoms with Gasteiger partial charge in [0.05, 0.1) is 5.56 Å². The summed E-state index contributed by atoms with van der Waals surface area (Å²) in [4.78, 5) is 18.3. The number of thiophene rings is 1. The molecule has 2 aromatic rings. The second-order valence-corrected chi connectivity index (χ2v) is 13.9. The summed E-state index contributed by atoms with van der Waals surface area (Å²) >= 11 is 1.62. The lowest BCUT2D eigenvalue weighted by molar-refractivity contribution is 0.282. The van der Waals surface area contributed by atoms with Crippen molar-refractivity contribution in [2.24, 2.45) is 0 Å². The number of hydrogen-bond donors (Lipinski definition) is 2. The molecule has 0 saturated carbocycles. The van der Waals surface area contributed by atoms with Gasteiger partial charge in [-0.15, -0.1) is 11.3 Å². The van der Waals surface area contributed by atoms with Gasteiger partial charge in [-0.25, -0.2) is 9.37 Å². The topological polar surface area (TPSA) is 97.3 Å². The highest BCUT2D eigenvalue weighted by molar-refractivity contribution is 7.16. The monoisotopic (exact) mass is 564 g/mol. The molecule has 1 spiro atoms. The number of nitrogens with one attached hydrogen (secondary N) is 1. The Hall–Kier alpha value is -2.48. The number of halogens is 1. The molecule has 2 aromatic heterocycles. The Bertz CT molecular complexity index is 1280. The molecule has 6 aliphatic rings. The minimum Gasteiger partial charge on any atom is -0.389 e. The van der Waals surface area contributed by atoms with Crippen molar-refractivity contribution in [2.45, 2.75) is 94.4 Å². The van der Waals surface area contributed by atoms with E-state index in [1.54, 1.807) is 11.3 Å². The summed E-state index contributed by atoms with van der Waals surface area (Å²) in [5.41, 5.74) is 9.28. The zero-order valence-electron chi connectivity index (χ0n) is 23.5. The average Bonchev–Trinajstić information content (AvgIpc) is 3.69. The number of nitrogen functional groups attached to an aromatic ring is 1. The van der Waals surface area contributed by atoms with Gasteiger partial charge in [-0.1, -0.05) is 6.92 Å². The molecule has 10 heteroatoms. The van der Waals surface area contributed by atoms with Crippen LogP contribution in [0.2, 0.25) is 0 Å². The van der Waals surface area contributed by atoms with Crippen molar-refractivity contribution in [3.05, 3.63) is 27.8 Å². The van der Waals surface area contributed by atoms with Gasteiger partial charge in [0.1, 0.15) is 23.1 Å². The largest absolute Gasteiger partial charge is 0.389 e. The molecular weight excluding hydrogens is 523 g/mol. The van der Waals surface area contributed by atoms with Crippen LogP contribution < -0.4 is 20.9 Å². The van der Waals surface area contributed by atoms with E-state index in [1.165, 1.54) is 36.1 Å². The van der Waals surface area contributed by atoms with Crippen LogP contribution in [0.4, 0.5) is 21.2 Å². The number of fused-ring (bicyclic) bond motifs is 5. The predicted molar refractivity (Wildman–Crippen MR) is 158 cm³/mol. The predicted octanol–water partition coefficient (Wildman–Crippen LogP) is 3.78. The molecule has 40 heavy (non-hydrogen) atoms. The number of aryl methyl sites for hydroxylation is 2. The maximum absolute atomic E-state index is 12.6. The number of aromatic nitrogens is 2. The number of alkyl halides is 1. The van der Waals surface area contributed by atoms with Crippen molar-refractivity contribution in [3.8, 4) is 6.07 Å². The van der Waals surface area contributed by atoms with Crippen molar-refractivity contribution in [1.82, 2.24) is 20.2 Å². The Morgan fingerprint density at radius 2 is 1.95 bits per heavy atom. The first-order valence-electron chi connectivity index (χ1n) is 15.3. The third-order valence-corrected chi connectivity index (χ3v) is 11.2. The maximum Gasteiger partial charge on any atom is 0.227 e. The van der Waals surface area contributed by atoms with Crippen LogP contribution in [0.5, 0.6) is 0 Å². The molecule has 8 rings (SSSR count). The molecule has 8 nitrogen and oxygen atoms in total. The highest BCUT2D eigenvalue weighted by Gasteiger charge is 2.50. The van der Waals surface area contributed by atoms with Crippen LogP contribution in [0.25, 0.3) is 0 Å². The number of nitrogens with zero attached hydrogens (tertiary/aromatic N) is 6. The normalized spacial score (nSPS) is 29.9. The molecule has 1 aliphatic carbocycles. The van der Waals surface area contributed by atoms with Crippen molar-refractivity contribution in [3.63, 3.8) is 0 Å². The van der Waals surface area contributed by atoms with Crippen molar-refractivity contribution >= 4 is 28.1 Å². The summed E-state index contributed by atoms with van der Waals surface area (Å²) in [7, 11) is 0. The molecule has 2 bridgehead atoms. The molecule has 0 amide bonds.